The van der Waals surface area contributed by atoms with Gasteiger partial charge in [0.1, 0.15) is 20.7 Å². The lowest BCUT2D eigenvalue weighted by molar-refractivity contribution is 0.214. The highest BCUT2D eigenvalue weighted by Crippen LogP contribution is 2.28. The van der Waals surface area contributed by atoms with Gasteiger partial charge < -0.3 is 10.4 Å². The molecule has 0 radical (unpaired) electrons. The number of nitrogens with zero attached hydrogens (tertiary/aromatic N) is 3. The van der Waals surface area contributed by atoms with Gasteiger partial charge in [0.05, 0.1) is 0 Å². The molecular formula is C11H15ClIN5O. The van der Waals surface area contributed by atoms with E-state index in [1.807, 2.05) is 22.6 Å². The van der Waals surface area contributed by atoms with Gasteiger partial charge in [0.15, 0.2) is 0 Å². The Morgan fingerprint density at radius 2 is 2.37 bits per heavy atom. The van der Waals surface area contributed by atoms with Crippen molar-refractivity contribution in [3.05, 3.63) is 21.2 Å². The van der Waals surface area contributed by atoms with E-state index < -0.39 is 6.10 Å². The first-order chi connectivity index (χ1) is 8.99. The number of aliphatic hydroxyl groups is 1. The molecule has 104 valence electrons. The van der Waals surface area contributed by atoms with E-state index in [-0.39, 0.29) is 5.17 Å². The van der Waals surface area contributed by atoms with Crippen LogP contribution in [0.4, 0.5) is 0 Å². The van der Waals surface area contributed by atoms with Crippen LogP contribution >= 0.6 is 34.2 Å². The predicted octanol–water partition coefficient (Wildman–Crippen LogP) is 1.55. The zero-order valence-corrected chi connectivity index (χ0v) is 13.3. The molecule has 0 bridgehead atoms. The number of nitrogens with one attached hydrogen (secondary N) is 2. The Morgan fingerprint density at radius 1 is 1.68 bits per heavy atom. The molecule has 1 heterocycles. The van der Waals surface area contributed by atoms with Crippen molar-refractivity contribution in [3.63, 3.8) is 0 Å². The van der Waals surface area contributed by atoms with E-state index in [2.05, 4.69) is 15.5 Å². The fourth-order valence-electron chi connectivity index (χ4n) is 1.63. The summed E-state index contributed by atoms with van der Waals surface area (Å²) in [4.78, 5) is 1.38. The number of aryl methyl sites for hydroxylation is 1. The summed E-state index contributed by atoms with van der Waals surface area (Å²) in [6.45, 7) is 0.845. The van der Waals surface area contributed by atoms with Gasteiger partial charge in [-0.15, -0.1) is 5.10 Å². The van der Waals surface area contributed by atoms with Crippen molar-refractivity contribution in [2.75, 3.05) is 6.54 Å². The lowest BCUT2D eigenvalue weighted by atomic mass is 10.1. The molecule has 1 aromatic rings. The van der Waals surface area contributed by atoms with Crippen LogP contribution in [0.15, 0.2) is 11.8 Å². The third-order valence-electron chi connectivity index (χ3n) is 2.86. The number of halogens is 2. The maximum atomic E-state index is 10.3. The van der Waals surface area contributed by atoms with Crippen LogP contribution in [-0.4, -0.2) is 31.8 Å². The molecule has 1 fully saturated rings. The van der Waals surface area contributed by atoms with Gasteiger partial charge in [-0.2, -0.15) is 9.90 Å². The Kier molecular flexibility index (Phi) is 4.80. The Balaban J connectivity index is 2.12. The molecule has 0 amide bonds. The summed E-state index contributed by atoms with van der Waals surface area (Å²) in [5.41, 5.74) is 0.716. The first-order valence-electron chi connectivity index (χ1n) is 5.91. The Hall–Kier alpha value is -0.670. The van der Waals surface area contributed by atoms with E-state index in [0.29, 0.717) is 20.9 Å². The van der Waals surface area contributed by atoms with E-state index in [1.165, 1.54) is 17.6 Å². The van der Waals surface area contributed by atoms with Crippen molar-refractivity contribution >= 4 is 39.4 Å². The summed E-state index contributed by atoms with van der Waals surface area (Å²) < 4.78 is 0.596. The Bertz CT molecular complexity index is 511. The highest BCUT2D eigenvalue weighted by Gasteiger charge is 2.24. The molecule has 1 aliphatic rings. The minimum atomic E-state index is -1.04. The third-order valence-corrected chi connectivity index (χ3v) is 3.85. The van der Waals surface area contributed by atoms with E-state index in [9.17, 15) is 5.11 Å². The van der Waals surface area contributed by atoms with Crippen LogP contribution in [0.1, 0.15) is 24.6 Å². The fraction of sp³-hybridized carbons (Fsp3) is 0.545. The van der Waals surface area contributed by atoms with Crippen molar-refractivity contribution in [2.24, 2.45) is 13.0 Å². The Morgan fingerprint density at radius 3 is 2.84 bits per heavy atom. The first-order valence-corrected chi connectivity index (χ1v) is 7.37. The number of hydrogen-bond donors (Lipinski definition) is 3. The smallest absolute Gasteiger partial charge is 0.149 e. The molecule has 1 unspecified atom stereocenters. The van der Waals surface area contributed by atoms with E-state index in [1.54, 1.807) is 13.2 Å². The van der Waals surface area contributed by atoms with E-state index in [0.717, 1.165) is 6.54 Å². The van der Waals surface area contributed by atoms with Gasteiger partial charge in [0.25, 0.3) is 0 Å². The molecule has 0 aromatic carbocycles. The number of aromatic nitrogens is 3. The van der Waals surface area contributed by atoms with Crippen LogP contribution in [0.25, 0.3) is 0 Å². The minimum Gasteiger partial charge on any atom is -0.390 e. The summed E-state index contributed by atoms with van der Waals surface area (Å²) in [5, 5.41) is 28.9. The second-order valence-corrected chi connectivity index (χ2v) is 5.93. The van der Waals surface area contributed by atoms with Crippen molar-refractivity contribution in [2.45, 2.75) is 18.9 Å². The second kappa shape index (κ2) is 6.19. The summed E-state index contributed by atoms with van der Waals surface area (Å²) in [7, 11) is 1.68. The van der Waals surface area contributed by atoms with Crippen LogP contribution < -0.4 is 5.32 Å². The van der Waals surface area contributed by atoms with Crippen molar-refractivity contribution in [1.29, 1.82) is 5.41 Å². The van der Waals surface area contributed by atoms with Crippen LogP contribution in [0.5, 0.6) is 0 Å². The topological polar surface area (TPSA) is 86.8 Å². The van der Waals surface area contributed by atoms with Gasteiger partial charge in [0, 0.05) is 25.4 Å². The summed E-state index contributed by atoms with van der Waals surface area (Å²) in [5.74, 6) is 0.704. The first kappa shape index (κ1) is 14.7. The Labute approximate surface area is 129 Å². The van der Waals surface area contributed by atoms with Crippen LogP contribution in [-0.2, 0) is 7.05 Å². The normalized spacial score (nSPS) is 17.4. The lowest BCUT2D eigenvalue weighted by Crippen LogP contribution is -2.16. The third kappa shape index (κ3) is 3.90. The zero-order valence-electron chi connectivity index (χ0n) is 10.4. The van der Waals surface area contributed by atoms with Crippen LogP contribution in [0.3, 0.4) is 0 Å². The van der Waals surface area contributed by atoms with Crippen molar-refractivity contribution in [1.82, 2.24) is 20.3 Å². The predicted molar refractivity (Wildman–Crippen MR) is 81.1 cm³/mol. The summed E-state index contributed by atoms with van der Waals surface area (Å²) >= 11 is 7.73. The van der Waals surface area contributed by atoms with Gasteiger partial charge in [-0.25, -0.2) is 0 Å². The van der Waals surface area contributed by atoms with Gasteiger partial charge >= 0.3 is 0 Å². The average molecular weight is 396 g/mol. The molecule has 1 aliphatic carbocycles. The fourth-order valence-corrected chi connectivity index (χ4v) is 2.51. The largest absolute Gasteiger partial charge is 0.390 e. The quantitative estimate of drug-likeness (QED) is 0.504. The summed E-state index contributed by atoms with van der Waals surface area (Å²) in [6.07, 6.45) is 3.03. The SMILES string of the molecule is Cn1nc(I)c(C(O)/C(=C/NCC2CC2)C(=N)Cl)n1. The molecule has 8 heteroatoms. The molecule has 19 heavy (non-hydrogen) atoms. The van der Waals surface area contributed by atoms with Crippen LogP contribution in [0.2, 0.25) is 0 Å². The molecule has 1 saturated carbocycles. The lowest BCUT2D eigenvalue weighted by Gasteiger charge is -2.11. The van der Waals surface area contributed by atoms with E-state index >= 15 is 0 Å². The zero-order chi connectivity index (χ0) is 14.0. The molecule has 1 atom stereocenters. The molecule has 0 aliphatic heterocycles. The molecule has 2 rings (SSSR count). The van der Waals surface area contributed by atoms with Gasteiger partial charge in [0.2, 0.25) is 0 Å². The number of rotatable bonds is 6. The molecule has 3 N–H and O–H groups in total. The van der Waals surface area contributed by atoms with Crippen molar-refractivity contribution in [3.8, 4) is 0 Å². The summed E-state index contributed by atoms with van der Waals surface area (Å²) in [6, 6.07) is 0. The standard InChI is InChI=1S/C11H15ClIN5O/c1-18-16-8(11(13)17-18)9(19)7(10(12)14)5-15-4-6-2-3-6/h5-6,9,14-15,19H,2-4H2,1H3/b7-5-,14-10?. The maximum absolute atomic E-state index is 10.3. The highest BCUT2D eigenvalue weighted by atomic mass is 127. The molecular weight excluding hydrogens is 381 g/mol. The molecule has 6 nitrogen and oxygen atoms in total. The van der Waals surface area contributed by atoms with Crippen molar-refractivity contribution < 1.29 is 5.11 Å². The molecule has 0 spiro atoms. The minimum absolute atomic E-state index is 0.197. The molecule has 0 saturated heterocycles. The van der Waals surface area contributed by atoms with Gasteiger partial charge in [-0.3, -0.25) is 5.41 Å². The van der Waals surface area contributed by atoms with Gasteiger partial charge in [-0.1, -0.05) is 11.6 Å². The number of aliphatic hydroxyl groups excluding tert-OH is 1. The second-order valence-electron chi connectivity index (χ2n) is 4.53. The van der Waals surface area contributed by atoms with Gasteiger partial charge in [-0.05, 0) is 41.4 Å². The monoisotopic (exact) mass is 395 g/mol. The number of hydrogen-bond acceptors (Lipinski definition) is 5. The van der Waals surface area contributed by atoms with E-state index in [4.69, 9.17) is 17.0 Å². The van der Waals surface area contributed by atoms with Crippen LogP contribution in [0, 0.1) is 15.0 Å². The average Bonchev–Trinajstić information content (AvgIpc) is 3.08. The molecule has 1 aromatic heterocycles. The highest BCUT2D eigenvalue weighted by molar-refractivity contribution is 14.1. The maximum Gasteiger partial charge on any atom is 0.149 e.